The molecule has 2 N–H and O–H groups in total. The van der Waals surface area contributed by atoms with E-state index < -0.39 is 6.10 Å². The fourth-order valence-corrected chi connectivity index (χ4v) is 5.83. The molecule has 1 aromatic rings. The van der Waals surface area contributed by atoms with Crippen LogP contribution in [0.5, 0.6) is 0 Å². The summed E-state index contributed by atoms with van der Waals surface area (Å²) in [5.74, 6) is 0.714. The van der Waals surface area contributed by atoms with Gasteiger partial charge in [0, 0.05) is 44.3 Å². The number of nitrogens with zero attached hydrogens (tertiary/aromatic N) is 2. The topological polar surface area (TPSA) is 85.9 Å². The molecule has 4 aliphatic heterocycles. The van der Waals surface area contributed by atoms with Crippen molar-refractivity contribution in [3.63, 3.8) is 0 Å². The number of aromatic amines is 1. The summed E-state index contributed by atoms with van der Waals surface area (Å²) in [4.78, 5) is 32.2. The number of rotatable bonds is 2. The summed E-state index contributed by atoms with van der Waals surface area (Å²) in [7, 11) is 0. The molecule has 0 saturated carbocycles. The Hall–Kier alpha value is -1.86. The molecule has 0 aliphatic carbocycles. The first kappa shape index (κ1) is 17.3. The standard InChI is InChI=1S/C20H27N3O4/c24-14-7-18-12-6-13(11-23(18)19(25)8-14)17-9-15(3-5-22(17)10-12)27-20(26)16-2-1-4-21-16/h1-2,4,12-15,17-18,21,24H,3,5-11H2. The minimum Gasteiger partial charge on any atom is -0.458 e. The summed E-state index contributed by atoms with van der Waals surface area (Å²) in [5, 5.41) is 10.0. The van der Waals surface area contributed by atoms with Crippen LogP contribution in [0.4, 0.5) is 0 Å². The minimum absolute atomic E-state index is 0.0600. The van der Waals surface area contributed by atoms with E-state index in [1.807, 2.05) is 4.90 Å². The zero-order valence-corrected chi connectivity index (χ0v) is 15.4. The highest BCUT2D eigenvalue weighted by Gasteiger charge is 2.50. The molecule has 0 radical (unpaired) electrons. The van der Waals surface area contributed by atoms with E-state index in [1.54, 1.807) is 18.3 Å². The van der Waals surface area contributed by atoms with Gasteiger partial charge in [-0.2, -0.15) is 0 Å². The SMILES string of the molecule is O=C(OC1CCN2CC3CC(CN4C(=O)CC(O)CC34)C2C1)c1ccc[nH]1. The van der Waals surface area contributed by atoms with Gasteiger partial charge in [0.05, 0.1) is 12.5 Å². The average Bonchev–Trinajstić information content (AvgIpc) is 3.18. The van der Waals surface area contributed by atoms with Gasteiger partial charge in [-0.1, -0.05) is 0 Å². The highest BCUT2D eigenvalue weighted by molar-refractivity contribution is 5.87. The number of esters is 1. The third-order valence-corrected chi connectivity index (χ3v) is 7.04. The molecule has 146 valence electrons. The molecule has 6 atom stereocenters. The average molecular weight is 373 g/mol. The van der Waals surface area contributed by atoms with Gasteiger partial charge in [-0.15, -0.1) is 0 Å². The van der Waals surface area contributed by atoms with Crippen LogP contribution in [-0.4, -0.2) is 75.7 Å². The maximum Gasteiger partial charge on any atom is 0.355 e. The van der Waals surface area contributed by atoms with Crippen LogP contribution in [0.2, 0.25) is 0 Å². The lowest BCUT2D eigenvalue weighted by molar-refractivity contribution is -0.156. The number of amides is 1. The predicted molar refractivity (Wildman–Crippen MR) is 96.9 cm³/mol. The van der Waals surface area contributed by atoms with Crippen molar-refractivity contribution < 1.29 is 19.4 Å². The predicted octanol–water partition coefficient (Wildman–Crippen LogP) is 1.01. The number of ether oxygens (including phenoxy) is 1. The van der Waals surface area contributed by atoms with Gasteiger partial charge >= 0.3 is 5.97 Å². The van der Waals surface area contributed by atoms with Crippen LogP contribution in [0.25, 0.3) is 0 Å². The summed E-state index contributed by atoms with van der Waals surface area (Å²) >= 11 is 0. The number of fused-ring (bicyclic) bond motifs is 6. The van der Waals surface area contributed by atoms with Crippen LogP contribution in [0.3, 0.4) is 0 Å². The van der Waals surface area contributed by atoms with Gasteiger partial charge in [-0.05, 0) is 43.2 Å². The lowest BCUT2D eigenvalue weighted by atomic mass is 9.70. The van der Waals surface area contributed by atoms with Crippen LogP contribution < -0.4 is 0 Å². The molecule has 0 aromatic carbocycles. The molecule has 1 amide bonds. The number of aliphatic hydroxyl groups is 1. The number of hydrogen-bond acceptors (Lipinski definition) is 5. The normalized spacial score (nSPS) is 38.9. The van der Waals surface area contributed by atoms with Gasteiger partial charge in [0.15, 0.2) is 0 Å². The van der Waals surface area contributed by atoms with Crippen LogP contribution in [0.1, 0.15) is 42.6 Å². The first-order valence-corrected chi connectivity index (χ1v) is 10.1. The van der Waals surface area contributed by atoms with Crippen molar-refractivity contribution in [2.75, 3.05) is 19.6 Å². The lowest BCUT2D eigenvalue weighted by Crippen LogP contribution is -2.66. The zero-order valence-electron chi connectivity index (χ0n) is 15.4. The Kier molecular flexibility index (Phi) is 4.24. The molecule has 5 heterocycles. The van der Waals surface area contributed by atoms with Crippen molar-refractivity contribution in [1.29, 1.82) is 0 Å². The number of aliphatic hydroxyl groups excluding tert-OH is 1. The summed E-state index contributed by atoms with van der Waals surface area (Å²) < 4.78 is 5.75. The largest absolute Gasteiger partial charge is 0.458 e. The first-order chi connectivity index (χ1) is 13.1. The Labute approximate surface area is 158 Å². The number of aromatic nitrogens is 1. The molecule has 6 unspecified atom stereocenters. The van der Waals surface area contributed by atoms with Gasteiger partial charge in [0.2, 0.25) is 5.91 Å². The van der Waals surface area contributed by atoms with Gasteiger partial charge in [-0.3, -0.25) is 9.69 Å². The molecule has 7 heteroatoms. The molecule has 27 heavy (non-hydrogen) atoms. The molecule has 4 fully saturated rings. The molecule has 0 spiro atoms. The minimum atomic E-state index is -0.480. The van der Waals surface area contributed by atoms with Gasteiger partial charge in [0.25, 0.3) is 0 Å². The summed E-state index contributed by atoms with van der Waals surface area (Å²) in [6.45, 7) is 2.70. The van der Waals surface area contributed by atoms with Gasteiger partial charge in [-0.25, -0.2) is 4.79 Å². The number of hydrogen-bond donors (Lipinski definition) is 2. The van der Waals surface area contributed by atoms with Crippen molar-refractivity contribution in [3.05, 3.63) is 24.0 Å². The fraction of sp³-hybridized carbons (Fsp3) is 0.700. The van der Waals surface area contributed by atoms with E-state index >= 15 is 0 Å². The van der Waals surface area contributed by atoms with Crippen LogP contribution >= 0.6 is 0 Å². The number of piperidine rings is 4. The maximum absolute atomic E-state index is 12.5. The molecule has 1 aromatic heterocycles. The van der Waals surface area contributed by atoms with Gasteiger partial charge in [0.1, 0.15) is 11.8 Å². The number of H-pyrrole nitrogens is 1. The second kappa shape index (κ2) is 6.63. The Bertz CT molecular complexity index is 721. The number of carbonyl (C=O) groups is 2. The lowest BCUT2D eigenvalue weighted by Gasteiger charge is -2.57. The molecular formula is C20H27N3O4. The van der Waals surface area contributed by atoms with E-state index in [2.05, 4.69) is 9.88 Å². The molecule has 2 bridgehead atoms. The Morgan fingerprint density at radius 1 is 1.19 bits per heavy atom. The van der Waals surface area contributed by atoms with E-state index in [4.69, 9.17) is 4.74 Å². The van der Waals surface area contributed by atoms with Crippen LogP contribution in [-0.2, 0) is 9.53 Å². The molecule has 4 saturated heterocycles. The van der Waals surface area contributed by atoms with Crippen LogP contribution in [0.15, 0.2) is 18.3 Å². The van der Waals surface area contributed by atoms with Gasteiger partial charge < -0.3 is 19.7 Å². The van der Waals surface area contributed by atoms with E-state index in [9.17, 15) is 14.7 Å². The summed E-state index contributed by atoms with van der Waals surface area (Å²) in [5.41, 5.74) is 0.499. The fourth-order valence-electron chi connectivity index (χ4n) is 5.83. The number of nitrogens with one attached hydrogen (secondary N) is 1. The first-order valence-electron chi connectivity index (χ1n) is 10.1. The smallest absolute Gasteiger partial charge is 0.355 e. The highest BCUT2D eigenvalue weighted by Crippen LogP contribution is 2.43. The molecular weight excluding hydrogens is 346 g/mol. The second-order valence-corrected chi connectivity index (χ2v) is 8.66. The Morgan fingerprint density at radius 3 is 2.85 bits per heavy atom. The van der Waals surface area contributed by atoms with Crippen molar-refractivity contribution in [1.82, 2.24) is 14.8 Å². The van der Waals surface area contributed by atoms with E-state index in [1.165, 1.54) is 0 Å². The van der Waals surface area contributed by atoms with Crippen molar-refractivity contribution in [3.8, 4) is 0 Å². The van der Waals surface area contributed by atoms with Crippen LogP contribution in [0, 0.1) is 11.8 Å². The van der Waals surface area contributed by atoms with Crippen molar-refractivity contribution >= 4 is 11.9 Å². The maximum atomic E-state index is 12.5. The molecule has 4 aliphatic rings. The highest BCUT2D eigenvalue weighted by atomic mass is 16.5. The molecule has 7 nitrogen and oxygen atoms in total. The summed E-state index contributed by atoms with van der Waals surface area (Å²) in [6, 6.07) is 4.10. The van der Waals surface area contributed by atoms with E-state index in [0.29, 0.717) is 23.6 Å². The zero-order chi connectivity index (χ0) is 18.5. The van der Waals surface area contributed by atoms with E-state index in [0.717, 1.165) is 45.3 Å². The quantitative estimate of drug-likeness (QED) is 0.756. The van der Waals surface area contributed by atoms with Crippen molar-refractivity contribution in [2.45, 2.75) is 56.4 Å². The van der Waals surface area contributed by atoms with E-state index in [-0.39, 0.29) is 30.4 Å². The number of carbonyl (C=O) groups excluding carboxylic acids is 2. The molecule has 5 rings (SSSR count). The monoisotopic (exact) mass is 373 g/mol. The Morgan fingerprint density at radius 2 is 2.04 bits per heavy atom. The van der Waals surface area contributed by atoms with Crippen molar-refractivity contribution in [2.24, 2.45) is 11.8 Å². The second-order valence-electron chi connectivity index (χ2n) is 8.66. The third kappa shape index (κ3) is 3.06. The Balaban J connectivity index is 1.27. The third-order valence-electron chi connectivity index (χ3n) is 7.04. The summed E-state index contributed by atoms with van der Waals surface area (Å²) in [6.07, 6.45) is 4.99.